The van der Waals surface area contributed by atoms with E-state index < -0.39 is 16.1 Å². The molecule has 6 heteroatoms. The number of aliphatic hydroxyl groups is 1. The monoisotopic (exact) mass is 323 g/mol. The van der Waals surface area contributed by atoms with Gasteiger partial charge in [-0.25, -0.2) is 13.1 Å². The van der Waals surface area contributed by atoms with Crippen molar-refractivity contribution in [3.63, 3.8) is 0 Å². The Bertz CT molecular complexity index is 664. The molecule has 1 heterocycles. The van der Waals surface area contributed by atoms with Crippen molar-refractivity contribution in [2.24, 2.45) is 0 Å². The summed E-state index contributed by atoms with van der Waals surface area (Å²) in [7, 11) is -3.48. The minimum absolute atomic E-state index is 0.193. The van der Waals surface area contributed by atoms with E-state index >= 15 is 0 Å². The highest BCUT2D eigenvalue weighted by Gasteiger charge is 2.10. The Morgan fingerprint density at radius 1 is 1.24 bits per heavy atom. The van der Waals surface area contributed by atoms with Gasteiger partial charge >= 0.3 is 0 Å². The highest BCUT2D eigenvalue weighted by atomic mass is 32.2. The molecule has 0 fully saturated rings. The fourth-order valence-corrected chi connectivity index (χ4v) is 3.29. The quantitative estimate of drug-likeness (QED) is 0.823. The summed E-state index contributed by atoms with van der Waals surface area (Å²) < 4.78 is 26.0. The molecule has 0 spiro atoms. The molecule has 2 N–H and O–H groups in total. The normalized spacial score (nSPS) is 13.6. The van der Waals surface area contributed by atoms with Crippen LogP contribution in [-0.4, -0.2) is 20.1 Å². The van der Waals surface area contributed by atoms with Crippen LogP contribution < -0.4 is 4.72 Å². The van der Waals surface area contributed by atoms with Crippen LogP contribution in [0.1, 0.15) is 23.7 Å². The van der Waals surface area contributed by atoms with E-state index in [-0.39, 0.29) is 6.54 Å². The molecule has 1 atom stereocenters. The van der Waals surface area contributed by atoms with Gasteiger partial charge in [-0.1, -0.05) is 30.3 Å². The van der Waals surface area contributed by atoms with E-state index in [9.17, 15) is 13.5 Å². The summed E-state index contributed by atoms with van der Waals surface area (Å²) in [5.41, 5.74) is 1.64. The molecule has 1 unspecified atom stereocenters. The van der Waals surface area contributed by atoms with Gasteiger partial charge in [0.15, 0.2) is 0 Å². The lowest BCUT2D eigenvalue weighted by molar-refractivity contribution is 0.169. The van der Waals surface area contributed by atoms with Crippen LogP contribution in [0.2, 0.25) is 0 Å². The molecule has 0 saturated heterocycles. The predicted molar refractivity (Wildman–Crippen MR) is 86.3 cm³/mol. The third kappa shape index (κ3) is 5.43. The largest absolute Gasteiger partial charge is 0.388 e. The maximum Gasteiger partial charge on any atom is 0.233 e. The Morgan fingerprint density at radius 3 is 2.67 bits per heavy atom. The summed E-state index contributed by atoms with van der Waals surface area (Å²) in [6, 6.07) is 11.0. The molecular formula is C15H17NO3S2. The summed E-state index contributed by atoms with van der Waals surface area (Å²) in [6.07, 6.45) is 1.24. The van der Waals surface area contributed by atoms with Crippen LogP contribution in [0.3, 0.4) is 0 Å². The van der Waals surface area contributed by atoms with Gasteiger partial charge in [-0.15, -0.1) is 0 Å². The molecule has 0 radical (unpaired) electrons. The average Bonchev–Trinajstić information content (AvgIpc) is 3.00. The predicted octanol–water partition coefficient (Wildman–Crippen LogP) is 2.76. The Kier molecular flexibility index (Phi) is 5.69. The first kappa shape index (κ1) is 15.9. The van der Waals surface area contributed by atoms with Crippen molar-refractivity contribution in [1.82, 2.24) is 4.72 Å². The van der Waals surface area contributed by atoms with Crippen LogP contribution in [-0.2, 0) is 10.0 Å². The number of hydrogen-bond acceptors (Lipinski definition) is 4. The van der Waals surface area contributed by atoms with Gasteiger partial charge in [0.1, 0.15) is 0 Å². The molecule has 21 heavy (non-hydrogen) atoms. The van der Waals surface area contributed by atoms with Gasteiger partial charge in [0.25, 0.3) is 0 Å². The van der Waals surface area contributed by atoms with Crippen LogP contribution >= 0.6 is 11.3 Å². The molecule has 1 aromatic heterocycles. The van der Waals surface area contributed by atoms with E-state index in [1.54, 1.807) is 0 Å². The standard InChI is InChI=1S/C15H17NO3S2/c17-15(14-7-10-20-12-14)6-9-16-21(18,19)11-8-13-4-2-1-3-5-13/h1-5,7-8,10-12,15-17H,6,9H2. The van der Waals surface area contributed by atoms with Crippen LogP contribution in [0.15, 0.2) is 52.6 Å². The third-order valence-electron chi connectivity index (χ3n) is 2.89. The lowest BCUT2D eigenvalue weighted by Crippen LogP contribution is -2.23. The van der Waals surface area contributed by atoms with Crippen LogP contribution in [0.4, 0.5) is 0 Å². The second-order valence-electron chi connectivity index (χ2n) is 4.51. The number of hydrogen-bond donors (Lipinski definition) is 2. The molecule has 112 valence electrons. The highest BCUT2D eigenvalue weighted by molar-refractivity contribution is 7.92. The number of thiophene rings is 1. The summed E-state index contributed by atoms with van der Waals surface area (Å²) >= 11 is 1.50. The zero-order valence-electron chi connectivity index (χ0n) is 11.3. The van der Waals surface area contributed by atoms with Gasteiger partial charge in [0.2, 0.25) is 10.0 Å². The first-order valence-electron chi connectivity index (χ1n) is 6.50. The van der Waals surface area contributed by atoms with Gasteiger partial charge in [0, 0.05) is 12.0 Å². The molecule has 0 amide bonds. The van der Waals surface area contributed by atoms with Gasteiger partial charge in [-0.05, 0) is 40.5 Å². The lowest BCUT2D eigenvalue weighted by atomic mass is 10.1. The smallest absolute Gasteiger partial charge is 0.233 e. The summed E-state index contributed by atoms with van der Waals surface area (Å²) in [5.74, 6) is 0. The maximum atomic E-state index is 11.8. The van der Waals surface area contributed by atoms with Gasteiger partial charge < -0.3 is 5.11 Å². The molecule has 4 nitrogen and oxygen atoms in total. The zero-order chi connectivity index (χ0) is 15.1. The van der Waals surface area contributed by atoms with Gasteiger partial charge in [-0.3, -0.25) is 0 Å². The Balaban J connectivity index is 1.83. The minimum Gasteiger partial charge on any atom is -0.388 e. The van der Waals surface area contributed by atoms with E-state index in [0.717, 1.165) is 16.5 Å². The van der Waals surface area contributed by atoms with E-state index in [1.165, 1.54) is 17.4 Å². The van der Waals surface area contributed by atoms with Crippen molar-refractivity contribution in [2.75, 3.05) is 6.54 Å². The molecule has 0 aliphatic heterocycles. The Hall–Kier alpha value is -1.47. The number of benzene rings is 1. The van der Waals surface area contributed by atoms with Crippen molar-refractivity contribution >= 4 is 27.4 Å². The zero-order valence-corrected chi connectivity index (χ0v) is 13.0. The molecule has 0 saturated carbocycles. The topological polar surface area (TPSA) is 66.4 Å². The number of aliphatic hydroxyl groups excluding tert-OH is 1. The molecule has 1 aromatic carbocycles. The number of nitrogens with one attached hydrogen (secondary N) is 1. The van der Waals surface area contributed by atoms with E-state index in [4.69, 9.17) is 0 Å². The fraction of sp³-hybridized carbons (Fsp3) is 0.200. The average molecular weight is 323 g/mol. The first-order valence-corrected chi connectivity index (χ1v) is 8.99. The van der Waals surface area contributed by atoms with E-state index in [1.807, 2.05) is 47.2 Å². The summed E-state index contributed by atoms with van der Waals surface area (Å²) in [4.78, 5) is 0. The number of rotatable bonds is 7. The Labute approximate surface area is 128 Å². The molecule has 2 aromatic rings. The van der Waals surface area contributed by atoms with Gasteiger partial charge in [-0.2, -0.15) is 11.3 Å². The second-order valence-corrected chi connectivity index (χ2v) is 6.94. The van der Waals surface area contributed by atoms with Gasteiger partial charge in [0.05, 0.1) is 6.10 Å². The fourth-order valence-electron chi connectivity index (χ4n) is 1.75. The Morgan fingerprint density at radius 2 is 2.00 bits per heavy atom. The molecule has 0 bridgehead atoms. The second kappa shape index (κ2) is 7.51. The number of sulfonamides is 1. The van der Waals surface area contributed by atoms with Crippen molar-refractivity contribution < 1.29 is 13.5 Å². The maximum absolute atomic E-state index is 11.8. The van der Waals surface area contributed by atoms with Crippen LogP contribution in [0, 0.1) is 0 Å². The van der Waals surface area contributed by atoms with Crippen molar-refractivity contribution in [1.29, 1.82) is 0 Å². The molecule has 2 rings (SSSR count). The lowest BCUT2D eigenvalue weighted by Gasteiger charge is -2.08. The van der Waals surface area contributed by atoms with Crippen molar-refractivity contribution in [3.8, 4) is 0 Å². The van der Waals surface area contributed by atoms with Crippen molar-refractivity contribution in [3.05, 3.63) is 63.7 Å². The molecular weight excluding hydrogens is 306 g/mol. The van der Waals surface area contributed by atoms with Crippen molar-refractivity contribution in [2.45, 2.75) is 12.5 Å². The van der Waals surface area contributed by atoms with Crippen LogP contribution in [0.5, 0.6) is 0 Å². The highest BCUT2D eigenvalue weighted by Crippen LogP contribution is 2.18. The SMILES string of the molecule is O=S(=O)(C=Cc1ccccc1)NCCC(O)c1ccsc1. The summed E-state index contributed by atoms with van der Waals surface area (Å²) in [6.45, 7) is 0.193. The van der Waals surface area contributed by atoms with Crippen LogP contribution in [0.25, 0.3) is 6.08 Å². The molecule has 0 aliphatic rings. The molecule has 0 aliphatic carbocycles. The van der Waals surface area contributed by atoms with E-state index in [2.05, 4.69) is 4.72 Å². The third-order valence-corrected chi connectivity index (χ3v) is 4.69. The first-order chi connectivity index (χ1) is 10.1. The van der Waals surface area contributed by atoms with E-state index in [0.29, 0.717) is 6.42 Å². The minimum atomic E-state index is -3.48. The summed E-state index contributed by atoms with van der Waals surface area (Å²) in [5, 5.41) is 14.7.